The second-order valence-corrected chi connectivity index (χ2v) is 5.06. The first-order valence-electron chi connectivity index (χ1n) is 7.29. The smallest absolute Gasteiger partial charge is 0.266 e. The van der Waals surface area contributed by atoms with Crippen LogP contribution in [0.2, 0.25) is 0 Å². The van der Waals surface area contributed by atoms with Crippen molar-refractivity contribution in [1.82, 2.24) is 9.78 Å². The Morgan fingerprint density at radius 1 is 0.917 bits per heavy atom. The van der Waals surface area contributed by atoms with Gasteiger partial charge >= 0.3 is 0 Å². The van der Waals surface area contributed by atoms with Gasteiger partial charge in [-0.3, -0.25) is 4.79 Å². The molecule has 3 rings (SSSR count). The van der Waals surface area contributed by atoms with E-state index in [-0.39, 0.29) is 12.1 Å². The van der Waals surface area contributed by atoms with E-state index in [9.17, 15) is 10.1 Å². The van der Waals surface area contributed by atoms with Crippen molar-refractivity contribution in [2.45, 2.75) is 6.54 Å². The lowest BCUT2D eigenvalue weighted by Gasteiger charge is -2.13. The van der Waals surface area contributed by atoms with E-state index in [1.165, 1.54) is 0 Å². The largest absolute Gasteiger partial charge is 0.286 e. The quantitative estimate of drug-likeness (QED) is 0.744. The van der Waals surface area contributed by atoms with E-state index in [2.05, 4.69) is 5.10 Å². The van der Waals surface area contributed by atoms with E-state index in [0.29, 0.717) is 11.3 Å². The highest BCUT2D eigenvalue weighted by Crippen LogP contribution is 2.31. The molecule has 0 saturated heterocycles. The molecule has 0 aliphatic rings. The highest BCUT2D eigenvalue weighted by molar-refractivity contribution is 5.84. The summed E-state index contributed by atoms with van der Waals surface area (Å²) in [7, 11) is 0. The molecule has 0 atom stereocenters. The van der Waals surface area contributed by atoms with Crippen LogP contribution in [0.25, 0.3) is 22.4 Å². The van der Waals surface area contributed by atoms with Crippen LogP contribution in [-0.2, 0) is 6.54 Å². The van der Waals surface area contributed by atoms with Gasteiger partial charge in [-0.1, -0.05) is 60.7 Å². The molecule has 0 amide bonds. The molecular formula is C19H12N4O. The van der Waals surface area contributed by atoms with Crippen molar-refractivity contribution in [2.75, 3.05) is 0 Å². The minimum atomic E-state index is -0.558. The van der Waals surface area contributed by atoms with E-state index in [0.717, 1.165) is 15.8 Å². The number of nitrogens with zero attached hydrogens (tertiary/aromatic N) is 4. The maximum Gasteiger partial charge on any atom is 0.286 e. The first-order chi connectivity index (χ1) is 11.8. The number of hydrogen-bond donors (Lipinski definition) is 0. The molecule has 5 nitrogen and oxygen atoms in total. The van der Waals surface area contributed by atoms with Crippen molar-refractivity contribution in [1.29, 1.82) is 10.5 Å². The molecule has 1 aromatic heterocycles. The molecule has 0 aliphatic heterocycles. The topological polar surface area (TPSA) is 82.5 Å². The molecule has 114 valence electrons. The number of nitriles is 2. The molecule has 2 aromatic carbocycles. The van der Waals surface area contributed by atoms with Gasteiger partial charge in [0.2, 0.25) is 0 Å². The summed E-state index contributed by atoms with van der Waals surface area (Å²) in [4.78, 5) is 12.5. The lowest BCUT2D eigenvalue weighted by molar-refractivity contribution is 0.661. The molecule has 0 aliphatic carbocycles. The molecule has 24 heavy (non-hydrogen) atoms. The van der Waals surface area contributed by atoms with Gasteiger partial charge in [0.1, 0.15) is 23.9 Å². The molecule has 1 heterocycles. The fraction of sp³-hybridized carbons (Fsp3) is 0.0526. The molecule has 0 bridgehead atoms. The molecule has 5 heteroatoms. The second-order valence-electron chi connectivity index (χ2n) is 5.06. The Hall–Kier alpha value is -3.70. The number of hydrogen-bond acceptors (Lipinski definition) is 4. The molecule has 0 radical (unpaired) electrons. The van der Waals surface area contributed by atoms with Gasteiger partial charge in [-0.25, -0.2) is 4.68 Å². The van der Waals surface area contributed by atoms with E-state index >= 15 is 0 Å². The van der Waals surface area contributed by atoms with Crippen molar-refractivity contribution in [2.24, 2.45) is 0 Å². The Morgan fingerprint density at radius 3 is 2.04 bits per heavy atom. The molecule has 3 aromatic rings. The second kappa shape index (κ2) is 6.60. The minimum Gasteiger partial charge on any atom is -0.266 e. The van der Waals surface area contributed by atoms with Crippen LogP contribution in [0.15, 0.2) is 65.5 Å². The SMILES string of the molecule is N#CCn1nc(-c2ccccc2)c(-c2ccccc2)c(C#N)c1=O. The van der Waals surface area contributed by atoms with Crippen LogP contribution in [0.5, 0.6) is 0 Å². The van der Waals surface area contributed by atoms with E-state index in [1.807, 2.05) is 72.8 Å². The zero-order valence-electron chi connectivity index (χ0n) is 12.7. The first-order valence-corrected chi connectivity index (χ1v) is 7.29. The molecule has 0 spiro atoms. The van der Waals surface area contributed by atoms with Crippen LogP contribution in [0.1, 0.15) is 5.56 Å². The van der Waals surface area contributed by atoms with E-state index in [1.54, 1.807) is 0 Å². The van der Waals surface area contributed by atoms with Gasteiger partial charge in [-0.2, -0.15) is 15.6 Å². The van der Waals surface area contributed by atoms with Gasteiger partial charge in [0.05, 0.1) is 6.07 Å². The fourth-order valence-corrected chi connectivity index (χ4v) is 2.53. The normalized spacial score (nSPS) is 9.92. The Morgan fingerprint density at radius 2 is 1.50 bits per heavy atom. The number of aromatic nitrogens is 2. The zero-order chi connectivity index (χ0) is 16.9. The van der Waals surface area contributed by atoms with Crippen LogP contribution in [-0.4, -0.2) is 9.78 Å². The third kappa shape index (κ3) is 2.67. The molecular weight excluding hydrogens is 300 g/mol. The maximum absolute atomic E-state index is 12.5. The van der Waals surface area contributed by atoms with Crippen LogP contribution in [0.4, 0.5) is 0 Å². The highest BCUT2D eigenvalue weighted by Gasteiger charge is 2.19. The zero-order valence-corrected chi connectivity index (χ0v) is 12.7. The summed E-state index contributed by atoms with van der Waals surface area (Å²) >= 11 is 0. The van der Waals surface area contributed by atoms with Gasteiger partial charge in [0.25, 0.3) is 5.56 Å². The van der Waals surface area contributed by atoms with Crippen molar-refractivity contribution < 1.29 is 0 Å². The summed E-state index contributed by atoms with van der Waals surface area (Å²) in [5, 5.41) is 22.8. The summed E-state index contributed by atoms with van der Waals surface area (Å²) in [6, 6.07) is 22.4. The average molecular weight is 312 g/mol. The molecule has 0 unspecified atom stereocenters. The summed E-state index contributed by atoms with van der Waals surface area (Å²) in [6.07, 6.45) is 0. The van der Waals surface area contributed by atoms with Gasteiger partial charge in [-0.05, 0) is 5.56 Å². The molecule has 0 saturated carbocycles. The molecule has 0 N–H and O–H groups in total. The monoisotopic (exact) mass is 312 g/mol. The third-order valence-corrected chi connectivity index (χ3v) is 3.60. The highest BCUT2D eigenvalue weighted by atomic mass is 16.1. The van der Waals surface area contributed by atoms with Crippen molar-refractivity contribution in [3.05, 3.63) is 76.6 Å². The Labute approximate surface area is 138 Å². The average Bonchev–Trinajstić information content (AvgIpc) is 2.64. The summed E-state index contributed by atoms with van der Waals surface area (Å²) in [5.41, 5.74) is 1.95. The van der Waals surface area contributed by atoms with Crippen molar-refractivity contribution in [3.63, 3.8) is 0 Å². The predicted octanol–water partition coefficient (Wildman–Crippen LogP) is 2.97. The van der Waals surface area contributed by atoms with Crippen molar-refractivity contribution in [3.8, 4) is 34.5 Å². The summed E-state index contributed by atoms with van der Waals surface area (Å²) in [5.74, 6) is 0. The fourth-order valence-electron chi connectivity index (χ4n) is 2.53. The lowest BCUT2D eigenvalue weighted by Crippen LogP contribution is -2.26. The van der Waals surface area contributed by atoms with Gasteiger partial charge in [0.15, 0.2) is 0 Å². The Bertz CT molecular complexity index is 1010. The lowest BCUT2D eigenvalue weighted by atomic mass is 9.96. The summed E-state index contributed by atoms with van der Waals surface area (Å²) in [6.45, 7) is -0.206. The third-order valence-electron chi connectivity index (χ3n) is 3.60. The first kappa shape index (κ1) is 15.2. The predicted molar refractivity (Wildman–Crippen MR) is 89.7 cm³/mol. The Kier molecular flexibility index (Phi) is 4.18. The van der Waals surface area contributed by atoms with Crippen LogP contribution >= 0.6 is 0 Å². The maximum atomic E-state index is 12.5. The minimum absolute atomic E-state index is 0.00898. The van der Waals surface area contributed by atoms with E-state index in [4.69, 9.17) is 5.26 Å². The Balaban J connectivity index is 2.42. The molecule has 0 fully saturated rings. The van der Waals surface area contributed by atoms with Crippen molar-refractivity contribution >= 4 is 0 Å². The van der Waals surface area contributed by atoms with Gasteiger partial charge in [-0.15, -0.1) is 0 Å². The standard InChI is InChI=1S/C19H12N4O/c20-11-12-23-19(24)16(13-21)17(14-7-3-1-4-8-14)18(22-23)15-9-5-2-6-10-15/h1-10H,12H2. The van der Waals surface area contributed by atoms with Gasteiger partial charge in [0, 0.05) is 11.1 Å². The number of benzene rings is 2. The van der Waals surface area contributed by atoms with E-state index < -0.39 is 5.56 Å². The summed E-state index contributed by atoms with van der Waals surface area (Å²) < 4.78 is 1.04. The van der Waals surface area contributed by atoms with Gasteiger partial charge < -0.3 is 0 Å². The van der Waals surface area contributed by atoms with Crippen LogP contribution < -0.4 is 5.56 Å². The van der Waals surface area contributed by atoms with Crippen LogP contribution in [0, 0.1) is 22.7 Å². The number of rotatable bonds is 3. The van der Waals surface area contributed by atoms with Crippen LogP contribution in [0.3, 0.4) is 0 Å².